The number of rotatable bonds is 25. The van der Waals surface area contributed by atoms with Crippen molar-refractivity contribution in [1.82, 2.24) is 85.6 Å². The molecule has 4 atom stereocenters. The zero-order chi connectivity index (χ0) is 96.1. The quantitative estimate of drug-likeness (QED) is 0.0236. The van der Waals surface area contributed by atoms with Crippen molar-refractivity contribution in [2.24, 2.45) is 0 Å². The molecule has 0 radical (unpaired) electrons. The van der Waals surface area contributed by atoms with Gasteiger partial charge in [0.2, 0.25) is 0 Å². The molecule has 37 nitrogen and oxygen atoms in total. The van der Waals surface area contributed by atoms with E-state index in [0.29, 0.717) is 75.7 Å². The summed E-state index contributed by atoms with van der Waals surface area (Å²) in [6.07, 6.45) is 32.8. The lowest BCUT2D eigenvalue weighted by Crippen LogP contribution is -2.36. The molecule has 15 heterocycles. The van der Waals surface area contributed by atoms with Crippen LogP contribution in [0.2, 0.25) is 0 Å². The van der Waals surface area contributed by atoms with E-state index in [0.717, 1.165) is 146 Å². The van der Waals surface area contributed by atoms with Crippen molar-refractivity contribution in [3.05, 3.63) is 248 Å². The van der Waals surface area contributed by atoms with E-state index in [4.69, 9.17) is 4.74 Å². The summed E-state index contributed by atoms with van der Waals surface area (Å²) in [6.45, 7) is 8.05. The van der Waals surface area contributed by atoms with Gasteiger partial charge >= 0.3 is 0 Å². The first kappa shape index (κ1) is 94.6. The molecule has 3 saturated heterocycles. The number of pyridine rings is 8. The summed E-state index contributed by atoms with van der Waals surface area (Å²) >= 11 is 0. The number of piperidine rings is 1. The molecule has 16 aromatic rings. The van der Waals surface area contributed by atoms with Gasteiger partial charge in [0.1, 0.15) is 23.3 Å². The number of nitrogens with zero attached hydrogens (tertiary/aromatic N) is 16. The van der Waals surface area contributed by atoms with Gasteiger partial charge in [-0.25, -0.2) is 36.8 Å². The molecule has 12 aromatic heterocycles. The van der Waals surface area contributed by atoms with Crippen molar-refractivity contribution in [2.75, 3.05) is 146 Å². The van der Waals surface area contributed by atoms with Crippen LogP contribution in [0, 0.1) is 0 Å². The summed E-state index contributed by atoms with van der Waals surface area (Å²) in [6, 6.07) is 45.1. The number of fused-ring (bicyclic) bond motifs is 4. The smallest absolute Gasteiger partial charge is 0.276 e. The summed E-state index contributed by atoms with van der Waals surface area (Å²) in [5.41, 5.74) is 18.2. The number of H-pyrrole nitrogens is 4. The fraction of sp³-hybridized carbons (Fsp3) is 0.208. The maximum absolute atomic E-state index is 13.0. The number of anilines is 11. The van der Waals surface area contributed by atoms with E-state index in [1.807, 2.05) is 136 Å². The minimum absolute atomic E-state index is 0.274. The number of ether oxygens (including phenoxy) is 1. The lowest BCUT2D eigenvalue weighted by Gasteiger charge is -2.28. The van der Waals surface area contributed by atoms with Gasteiger partial charge in [-0.1, -0.05) is 24.3 Å². The predicted octanol–water partition coefficient (Wildman–Crippen LogP) is 13.3. The zero-order valence-electron chi connectivity index (χ0n) is 76.0. The molecule has 0 aliphatic carbocycles. The Bertz CT molecular complexity index is 7390. The summed E-state index contributed by atoms with van der Waals surface area (Å²) < 4.78 is 63.4. The van der Waals surface area contributed by atoms with Gasteiger partial charge in [-0.2, -0.15) is 20.4 Å². The number of morpholine rings is 1. The first-order chi connectivity index (χ1) is 65.7. The van der Waals surface area contributed by atoms with Crippen molar-refractivity contribution < 1.29 is 40.8 Å². The first-order valence-corrected chi connectivity index (χ1v) is 52.0. The third-order valence-corrected chi connectivity index (χ3v) is 24.4. The summed E-state index contributed by atoms with van der Waals surface area (Å²) in [4.78, 5) is 95.3. The summed E-state index contributed by atoms with van der Waals surface area (Å²) in [5, 5.41) is 42.7. The maximum atomic E-state index is 13.0. The van der Waals surface area contributed by atoms with Crippen LogP contribution in [0.15, 0.2) is 220 Å². The average molecular weight is 1920 g/mol. The number of benzene rings is 4. The molecule has 19 rings (SSSR count). The molecule has 4 aromatic carbocycles. The minimum Gasteiger partial charge on any atom is -0.378 e. The SMILES string of the molecule is C=S(C)(=O)Nc1ccc(NC(=O)c2n[nH]c3ccc(-c4cncc(CN(C)C)c4)cc23)cn1.C=S(C)(=O)Nc1ccc(NC(=O)c2n[nH]c3ccc(-c4cncc(N5CCCC5)c4)cc23)cn1.C=S(C)(=O)Nc1ccc(NC(=O)c2n[nH]c3ccc(-c4cncc(N5CCCCC5)c4)cc23)cn1.C=S(C)(=O)Nc1ccc(NC(=O)c2n[nH]c3ccc(-c4cncc(N5CCOCC5)c4)cc23)cn1. The summed E-state index contributed by atoms with van der Waals surface area (Å²) in [5.74, 6) is 14.4. The molecule has 3 aliphatic rings. The Morgan fingerprint density at radius 3 is 0.876 bits per heavy atom. The number of carbonyl (C=O) groups excluding carboxylic acids is 4. The number of hydrogen-bond acceptors (Lipinski definition) is 25. The second-order valence-electron chi connectivity index (χ2n) is 33.8. The van der Waals surface area contributed by atoms with Crippen LogP contribution in [0.5, 0.6) is 0 Å². The van der Waals surface area contributed by atoms with Crippen LogP contribution in [0.25, 0.3) is 88.1 Å². The van der Waals surface area contributed by atoms with E-state index in [9.17, 15) is 36.0 Å². The van der Waals surface area contributed by atoms with E-state index >= 15 is 0 Å². The maximum Gasteiger partial charge on any atom is 0.276 e. The number of amides is 4. The van der Waals surface area contributed by atoms with E-state index < -0.39 is 38.8 Å². The highest BCUT2D eigenvalue weighted by Gasteiger charge is 2.24. The van der Waals surface area contributed by atoms with Crippen LogP contribution in [0.3, 0.4) is 0 Å². The second-order valence-corrected chi connectivity index (χ2v) is 42.6. The Kier molecular flexibility index (Phi) is 28.7. The monoisotopic (exact) mass is 1920 g/mol. The van der Waals surface area contributed by atoms with Gasteiger partial charge in [0.15, 0.2) is 22.8 Å². The highest BCUT2D eigenvalue weighted by atomic mass is 32.2. The number of hydrogen-bond donors (Lipinski definition) is 12. The fourth-order valence-corrected chi connectivity index (χ4v) is 17.8. The van der Waals surface area contributed by atoms with Crippen LogP contribution in [0.4, 0.5) is 63.1 Å². The highest BCUT2D eigenvalue weighted by Crippen LogP contribution is 2.35. The molecule has 137 heavy (non-hydrogen) atoms. The highest BCUT2D eigenvalue weighted by molar-refractivity contribution is 8.01. The fourth-order valence-electron chi connectivity index (χ4n) is 15.5. The Morgan fingerprint density at radius 1 is 0.336 bits per heavy atom. The lowest BCUT2D eigenvalue weighted by atomic mass is 10.0. The standard InChI is InChI=1S/C25H27N7O2S.C24H25N7O3S.C24H25N7O2S.C23H25N7O2S/c1-35(2,34)31-23-9-7-19(15-27-23)28-25(33)24-21-13-17(6-8-22(21)29-30-24)18-12-20(16-26-14-18)32-10-4-3-5-11-32;1-35(2,33)30-22-6-4-18(14-26-22)27-24(32)23-20-12-16(3-5-21(20)28-29-23)17-11-19(15-25-13-17)31-7-9-34-10-8-31;1-34(2,33)30-22-8-6-18(14-26-22)27-24(32)23-20-12-16(5-7-21(20)28-29-23)17-11-19(15-25-13-17)31-9-3-4-10-31;1-30(2)14-15-9-17(12-24-11-15)16-5-7-20-19(10-16)22(28-27-20)23(31)26-18-6-8-21(25-13-18)29-33(3,4)32/h6-9,12-16H,1,3-5,10-11H2,2H3,(H,28,33)(H,29,30)(H,27,31,34);3-6,11-15H,1,7-10H2,2H3,(H,27,32)(H,28,29)(H,26,30,33);5-8,11-15H,1,3-4,9-10H2,2H3,(H,27,32)(H,28,29)(H,26,30,33);5-13H,3,14H2,1-2,4H3,(H,26,31)(H,27,28)(H,25,29,32). The Labute approximate surface area is 791 Å². The molecular weight excluding hydrogens is 1820 g/mol. The van der Waals surface area contributed by atoms with Crippen LogP contribution >= 0.6 is 0 Å². The molecule has 4 unspecified atom stereocenters. The first-order valence-electron chi connectivity index (χ1n) is 43.4. The van der Waals surface area contributed by atoms with Crippen LogP contribution in [-0.4, -0.2) is 241 Å². The van der Waals surface area contributed by atoms with E-state index in [1.165, 1.54) is 81.9 Å². The Morgan fingerprint density at radius 2 is 0.606 bits per heavy atom. The topological polar surface area (TPSA) is 473 Å². The third-order valence-electron chi connectivity index (χ3n) is 21.8. The van der Waals surface area contributed by atoms with Crippen molar-refractivity contribution in [1.29, 1.82) is 0 Å². The van der Waals surface area contributed by atoms with Crippen LogP contribution < -0.4 is 54.9 Å². The minimum atomic E-state index is -2.44. The van der Waals surface area contributed by atoms with E-state index in [2.05, 4.69) is 188 Å². The van der Waals surface area contributed by atoms with Crippen LogP contribution in [-0.2, 0) is 50.1 Å². The second kappa shape index (κ2) is 41.5. The van der Waals surface area contributed by atoms with Crippen molar-refractivity contribution in [3.63, 3.8) is 0 Å². The molecule has 0 bridgehead atoms. The van der Waals surface area contributed by atoms with Crippen molar-refractivity contribution >= 4 is 193 Å². The molecule has 704 valence electrons. The van der Waals surface area contributed by atoms with Gasteiger partial charge in [-0.05, 0) is 219 Å². The van der Waals surface area contributed by atoms with Crippen molar-refractivity contribution in [2.45, 2.75) is 38.6 Å². The predicted molar refractivity (Wildman–Crippen MR) is 553 cm³/mol. The Hall–Kier alpha value is -15.6. The Balaban J connectivity index is 0.000000132. The van der Waals surface area contributed by atoms with Gasteiger partial charge in [0.25, 0.3) is 23.6 Å². The largest absolute Gasteiger partial charge is 0.378 e. The summed E-state index contributed by atoms with van der Waals surface area (Å²) in [7, 11) is -5.70. The molecule has 3 fully saturated rings. The van der Waals surface area contributed by atoms with Gasteiger partial charge < -0.3 is 45.6 Å². The van der Waals surface area contributed by atoms with Gasteiger partial charge in [0.05, 0.1) is 118 Å². The molecule has 41 heteroatoms. The van der Waals surface area contributed by atoms with Gasteiger partial charge in [-0.15, -0.1) is 0 Å². The zero-order valence-corrected chi connectivity index (χ0v) is 79.2. The van der Waals surface area contributed by atoms with E-state index in [-0.39, 0.29) is 40.7 Å². The molecule has 0 saturated carbocycles. The molecular formula is C96H102N28O9S4. The van der Waals surface area contributed by atoms with Gasteiger partial charge in [-0.3, -0.25) is 78.4 Å². The number of aromatic nitrogens is 16. The van der Waals surface area contributed by atoms with Crippen LogP contribution in [0.1, 0.15) is 79.6 Å². The van der Waals surface area contributed by atoms with E-state index in [1.54, 1.807) is 48.5 Å². The van der Waals surface area contributed by atoms with Gasteiger partial charge in [0, 0.05) is 184 Å². The number of nitrogens with one attached hydrogen (secondary N) is 12. The lowest BCUT2D eigenvalue weighted by molar-refractivity contribution is 0.101. The molecule has 0 spiro atoms. The number of carbonyl (C=O) groups is 4. The number of aromatic amines is 4. The average Bonchev–Trinajstić information content (AvgIpc) is 1.68. The molecule has 4 amide bonds. The molecule has 12 N–H and O–H groups in total. The van der Waals surface area contributed by atoms with Crippen molar-refractivity contribution in [3.8, 4) is 44.5 Å². The third kappa shape index (κ3) is 25.1. The molecule has 3 aliphatic heterocycles. The normalized spacial score (nSPS) is 14.9.